The van der Waals surface area contributed by atoms with E-state index in [9.17, 15) is 9.36 Å². The highest BCUT2D eigenvalue weighted by molar-refractivity contribution is 7.51. The summed E-state index contributed by atoms with van der Waals surface area (Å²) in [5, 5.41) is 3.43. The van der Waals surface area contributed by atoms with Crippen molar-refractivity contribution >= 4 is 19.1 Å². The number of carbonyl (C=O) groups is 1. The van der Waals surface area contributed by atoms with Crippen LogP contribution in [0.3, 0.4) is 0 Å². The summed E-state index contributed by atoms with van der Waals surface area (Å²) in [6, 6.07) is 11.7. The Hall–Kier alpha value is -2.14. The molecule has 2 aromatic carbocycles. The maximum absolute atomic E-state index is 13.0. The van der Waals surface area contributed by atoms with Crippen LogP contribution in [0.5, 0.6) is 5.75 Å². The highest BCUT2D eigenvalue weighted by Gasteiger charge is 2.54. The van der Waals surface area contributed by atoms with Gasteiger partial charge in [0.05, 0.1) is 5.41 Å². The smallest absolute Gasteiger partial charge is 0.362 e. The molecule has 1 aliphatic carbocycles. The van der Waals surface area contributed by atoms with Crippen molar-refractivity contribution in [3.05, 3.63) is 58.7 Å². The van der Waals surface area contributed by atoms with Crippen molar-refractivity contribution in [3.8, 4) is 5.75 Å². The Morgan fingerprint density at radius 2 is 1.90 bits per heavy atom. The summed E-state index contributed by atoms with van der Waals surface area (Å²) in [5.41, 5.74) is 4.91. The molecule has 1 heterocycles. The van der Waals surface area contributed by atoms with Gasteiger partial charge in [0.2, 0.25) is 0 Å². The monoisotopic (exact) mass is 415 g/mol. The van der Waals surface area contributed by atoms with E-state index in [2.05, 4.69) is 11.4 Å². The largest absolute Gasteiger partial charge is 0.481 e. The van der Waals surface area contributed by atoms with E-state index in [0.29, 0.717) is 24.5 Å². The van der Waals surface area contributed by atoms with Crippen molar-refractivity contribution in [3.63, 3.8) is 0 Å². The van der Waals surface area contributed by atoms with E-state index in [4.69, 9.17) is 14.5 Å². The van der Waals surface area contributed by atoms with Crippen molar-refractivity contribution in [2.75, 3.05) is 18.2 Å². The molecule has 4 rings (SSSR count). The van der Waals surface area contributed by atoms with Crippen molar-refractivity contribution in [2.45, 2.75) is 38.5 Å². The lowest BCUT2D eigenvalue weighted by Crippen LogP contribution is -2.40. The molecule has 0 saturated heterocycles. The molecule has 0 aromatic heterocycles. The van der Waals surface area contributed by atoms with E-state index >= 15 is 0 Å². The molecule has 3 N–H and O–H groups in total. The molecule has 6 nitrogen and oxygen atoms in total. The number of carbonyl (C=O) groups excluding carboxylic acids is 1. The summed E-state index contributed by atoms with van der Waals surface area (Å²) < 4.78 is 16.4. The van der Waals surface area contributed by atoms with Crippen molar-refractivity contribution in [1.29, 1.82) is 0 Å². The topological polar surface area (TPSA) is 95.9 Å². The first kappa shape index (κ1) is 20.1. The van der Waals surface area contributed by atoms with Gasteiger partial charge >= 0.3 is 7.60 Å². The van der Waals surface area contributed by atoms with Gasteiger partial charge in [-0.3, -0.25) is 9.36 Å². The SMILES string of the molecule is Cc1cc(OCP(=O)(O)O)cc(C)c1CC1CCC(=O)C12CNc1ccccc12. The summed E-state index contributed by atoms with van der Waals surface area (Å²) in [6.07, 6.45) is 1.62. The summed E-state index contributed by atoms with van der Waals surface area (Å²) in [7, 11) is -4.22. The van der Waals surface area contributed by atoms with Gasteiger partial charge in [-0.25, -0.2) is 0 Å². The van der Waals surface area contributed by atoms with Gasteiger partial charge in [0.1, 0.15) is 11.5 Å². The molecule has 2 unspecified atom stereocenters. The molecule has 1 spiro atoms. The van der Waals surface area contributed by atoms with Crippen LogP contribution in [0.1, 0.15) is 35.1 Å². The van der Waals surface area contributed by atoms with E-state index in [1.807, 2.05) is 44.2 Å². The molecule has 2 atom stereocenters. The number of hydrogen-bond acceptors (Lipinski definition) is 4. The molecule has 1 aliphatic heterocycles. The molecular weight excluding hydrogens is 389 g/mol. The molecule has 0 radical (unpaired) electrons. The van der Waals surface area contributed by atoms with Gasteiger partial charge in [0.15, 0.2) is 6.35 Å². The Morgan fingerprint density at radius 3 is 2.59 bits per heavy atom. The molecule has 7 heteroatoms. The first-order chi connectivity index (χ1) is 13.7. The standard InChI is InChI=1S/C22H26NO5P/c1-14-9-17(28-13-29(25,26)27)10-15(2)18(14)11-16-7-8-21(24)22(16)12-23-20-6-4-3-5-19(20)22/h3-6,9-10,16,23H,7-8,11-13H2,1-2H3,(H2,25,26,27). The molecule has 1 saturated carbocycles. The quantitative estimate of drug-likeness (QED) is 0.645. The number of ketones is 1. The fourth-order valence-corrected chi connectivity index (χ4v) is 5.33. The average molecular weight is 415 g/mol. The fraction of sp³-hybridized carbons (Fsp3) is 0.409. The van der Waals surface area contributed by atoms with Crippen LogP contribution in [0.2, 0.25) is 0 Å². The molecule has 1 fully saturated rings. The zero-order valence-corrected chi connectivity index (χ0v) is 17.5. The van der Waals surface area contributed by atoms with Crippen LogP contribution in [0, 0.1) is 19.8 Å². The first-order valence-electron chi connectivity index (χ1n) is 9.85. The number of benzene rings is 2. The van der Waals surface area contributed by atoms with Gasteiger partial charge in [-0.15, -0.1) is 0 Å². The van der Waals surface area contributed by atoms with Crippen molar-refractivity contribution in [1.82, 2.24) is 0 Å². The van der Waals surface area contributed by atoms with Gasteiger partial charge in [-0.1, -0.05) is 18.2 Å². The normalized spacial score (nSPS) is 23.3. The number of Topliss-reactive ketones (excluding diaryl/α,β-unsaturated/α-hetero) is 1. The number of nitrogens with one attached hydrogen (secondary N) is 1. The van der Waals surface area contributed by atoms with Crippen LogP contribution in [-0.4, -0.2) is 28.5 Å². The Balaban J connectivity index is 1.62. The number of para-hydroxylation sites is 1. The zero-order valence-electron chi connectivity index (χ0n) is 16.6. The van der Waals surface area contributed by atoms with E-state index < -0.39 is 19.4 Å². The number of anilines is 1. The summed E-state index contributed by atoms with van der Waals surface area (Å²) in [4.78, 5) is 31.1. The van der Waals surface area contributed by atoms with E-state index in [1.54, 1.807) is 0 Å². The molecule has 0 bridgehead atoms. The third kappa shape index (κ3) is 3.61. The van der Waals surface area contributed by atoms with Gasteiger partial charge in [0.25, 0.3) is 0 Å². The Morgan fingerprint density at radius 1 is 1.21 bits per heavy atom. The summed E-state index contributed by atoms with van der Waals surface area (Å²) in [6.45, 7) is 4.62. The van der Waals surface area contributed by atoms with Gasteiger partial charge in [0, 0.05) is 18.7 Å². The molecule has 0 amide bonds. The molecular formula is C22H26NO5P. The highest BCUT2D eigenvalue weighted by atomic mass is 31.2. The van der Waals surface area contributed by atoms with Crippen LogP contribution in [0.15, 0.2) is 36.4 Å². The second-order valence-electron chi connectivity index (χ2n) is 8.21. The minimum absolute atomic E-state index is 0.213. The lowest BCUT2D eigenvalue weighted by atomic mass is 9.70. The van der Waals surface area contributed by atoms with E-state index in [-0.39, 0.29) is 5.92 Å². The van der Waals surface area contributed by atoms with Gasteiger partial charge in [-0.2, -0.15) is 0 Å². The third-order valence-electron chi connectivity index (χ3n) is 6.40. The lowest BCUT2D eigenvalue weighted by Gasteiger charge is -2.31. The minimum Gasteiger partial charge on any atom is -0.481 e. The van der Waals surface area contributed by atoms with Crippen molar-refractivity contribution in [2.24, 2.45) is 5.92 Å². The molecule has 2 aromatic rings. The first-order valence-corrected chi connectivity index (χ1v) is 11.6. The van der Waals surface area contributed by atoms with Gasteiger partial charge in [-0.05, 0) is 73.1 Å². The highest BCUT2D eigenvalue weighted by Crippen LogP contribution is 2.50. The second kappa shape index (κ2) is 7.28. The van der Waals surface area contributed by atoms with Crippen molar-refractivity contribution < 1.29 is 23.9 Å². The number of ether oxygens (including phenoxy) is 1. The predicted molar refractivity (Wildman–Crippen MR) is 111 cm³/mol. The van der Waals surface area contributed by atoms with Crippen LogP contribution in [0.4, 0.5) is 5.69 Å². The summed E-state index contributed by atoms with van der Waals surface area (Å²) in [5.74, 6) is 0.986. The third-order valence-corrected chi connectivity index (χ3v) is 6.86. The van der Waals surface area contributed by atoms with Crippen LogP contribution >= 0.6 is 7.60 Å². The zero-order chi connectivity index (χ0) is 20.8. The molecule has 2 aliphatic rings. The van der Waals surface area contributed by atoms with Gasteiger partial charge < -0.3 is 19.8 Å². The van der Waals surface area contributed by atoms with Crippen LogP contribution in [0.25, 0.3) is 0 Å². The van der Waals surface area contributed by atoms with E-state index in [1.165, 1.54) is 5.56 Å². The lowest BCUT2D eigenvalue weighted by molar-refractivity contribution is -0.122. The predicted octanol–water partition coefficient (Wildman–Crippen LogP) is 3.70. The van der Waals surface area contributed by atoms with Crippen LogP contribution in [-0.2, 0) is 21.2 Å². The molecule has 29 heavy (non-hydrogen) atoms. The Bertz CT molecular complexity index is 991. The second-order valence-corrected chi connectivity index (χ2v) is 9.79. The number of aryl methyl sites for hydroxylation is 2. The fourth-order valence-electron chi connectivity index (χ4n) is 5.01. The van der Waals surface area contributed by atoms with E-state index in [0.717, 1.165) is 35.2 Å². The maximum Gasteiger partial charge on any atom is 0.362 e. The minimum atomic E-state index is -4.22. The Kier molecular flexibility index (Phi) is 5.06. The average Bonchev–Trinajstić information content (AvgIpc) is 3.19. The Labute approximate surface area is 170 Å². The number of fused-ring (bicyclic) bond motifs is 2. The van der Waals surface area contributed by atoms with Crippen LogP contribution < -0.4 is 10.1 Å². The maximum atomic E-state index is 13.0. The number of hydrogen-bond donors (Lipinski definition) is 3. The summed E-state index contributed by atoms with van der Waals surface area (Å²) >= 11 is 0. The molecule has 154 valence electrons. The number of rotatable bonds is 5.